The maximum absolute atomic E-state index is 9.22. The van der Waals surface area contributed by atoms with Gasteiger partial charge in [-0.25, -0.2) is 0 Å². The predicted octanol–water partition coefficient (Wildman–Crippen LogP) is 0.815. The van der Waals surface area contributed by atoms with Gasteiger partial charge in [0.15, 0.2) is 0 Å². The number of nitrogens with one attached hydrogen (secondary N) is 1. The van der Waals surface area contributed by atoms with Gasteiger partial charge in [-0.3, -0.25) is 4.79 Å². The lowest BCUT2D eigenvalue weighted by Gasteiger charge is -1.70. The fourth-order valence-corrected chi connectivity index (χ4v) is 0.420. The van der Waals surface area contributed by atoms with Crippen LogP contribution in [0.25, 0.3) is 0 Å². The summed E-state index contributed by atoms with van der Waals surface area (Å²) in [5, 5.41) is 0. The summed E-state index contributed by atoms with van der Waals surface area (Å²) in [4.78, 5) is 12.2. The molecule has 10 heavy (non-hydrogen) atoms. The Balaban J connectivity index is 0.000000180. The third-order valence-corrected chi connectivity index (χ3v) is 0.753. The lowest BCUT2D eigenvalue weighted by Crippen LogP contribution is -2.01. The van der Waals surface area contributed by atoms with E-state index in [1.807, 2.05) is 25.3 Å². The first kappa shape index (κ1) is 8.75. The van der Waals surface area contributed by atoms with Gasteiger partial charge in [0.1, 0.15) is 0 Å². The van der Waals surface area contributed by atoms with Crippen LogP contribution in [0.4, 0.5) is 0 Å². The van der Waals surface area contributed by atoms with Gasteiger partial charge in [-0.05, 0) is 19.1 Å². The van der Waals surface area contributed by atoms with Crippen molar-refractivity contribution >= 4 is 5.91 Å². The molecule has 0 bridgehead atoms. The predicted molar refractivity (Wildman–Crippen MR) is 40.4 cm³/mol. The number of aromatic amines is 1. The van der Waals surface area contributed by atoms with E-state index in [0.717, 1.165) is 0 Å². The van der Waals surface area contributed by atoms with E-state index in [9.17, 15) is 4.79 Å². The number of aromatic nitrogens is 1. The van der Waals surface area contributed by atoms with Gasteiger partial charge >= 0.3 is 0 Å². The number of rotatable bonds is 0. The normalized spacial score (nSPS) is 7.80. The van der Waals surface area contributed by atoms with E-state index in [4.69, 9.17) is 0 Å². The lowest BCUT2D eigenvalue weighted by molar-refractivity contribution is -0.115. The van der Waals surface area contributed by atoms with Crippen molar-refractivity contribution in [3.63, 3.8) is 0 Å². The van der Waals surface area contributed by atoms with Crippen molar-refractivity contribution in [3.05, 3.63) is 24.0 Å². The molecule has 1 rings (SSSR count). The van der Waals surface area contributed by atoms with Gasteiger partial charge in [-0.2, -0.15) is 0 Å². The summed E-state index contributed by atoms with van der Waals surface area (Å²) >= 11 is 0. The maximum Gasteiger partial charge on any atom is 0.214 e. The Morgan fingerprint density at radius 2 is 2.20 bits per heavy atom. The summed E-state index contributed by atoms with van der Waals surface area (Å²) in [6.45, 7) is 3.33. The summed E-state index contributed by atoms with van der Waals surface area (Å²) in [7, 11) is 0. The Hall–Kier alpha value is -1.25. The zero-order chi connectivity index (χ0) is 7.98. The summed E-state index contributed by atoms with van der Waals surface area (Å²) in [5.41, 5.74) is 5.69. The molecule has 1 amide bonds. The van der Waals surface area contributed by atoms with E-state index in [-0.39, 0.29) is 5.91 Å². The van der Waals surface area contributed by atoms with Crippen molar-refractivity contribution in [1.29, 1.82) is 0 Å². The largest absolute Gasteiger partial charge is 0.370 e. The Bertz CT molecular complexity index is 175. The van der Waals surface area contributed by atoms with Crippen LogP contribution in [-0.4, -0.2) is 10.9 Å². The van der Waals surface area contributed by atoms with Crippen LogP contribution in [0.15, 0.2) is 18.3 Å². The third-order valence-electron chi connectivity index (χ3n) is 0.753. The molecule has 1 aromatic heterocycles. The molecule has 0 aromatic carbocycles. The molecule has 3 heteroatoms. The van der Waals surface area contributed by atoms with Crippen molar-refractivity contribution < 1.29 is 4.79 Å². The second-order valence-electron chi connectivity index (χ2n) is 1.96. The van der Waals surface area contributed by atoms with E-state index >= 15 is 0 Å². The molecule has 0 aliphatic carbocycles. The average Bonchev–Trinajstić information content (AvgIpc) is 2.15. The highest BCUT2D eigenvalue weighted by molar-refractivity contribution is 5.70. The fraction of sp³-hybridized carbons (Fsp3) is 0.286. The van der Waals surface area contributed by atoms with Crippen molar-refractivity contribution in [1.82, 2.24) is 4.98 Å². The highest BCUT2D eigenvalue weighted by Crippen LogP contribution is 1.86. The van der Waals surface area contributed by atoms with Crippen molar-refractivity contribution in [3.8, 4) is 0 Å². The van der Waals surface area contributed by atoms with Gasteiger partial charge in [0.05, 0.1) is 0 Å². The van der Waals surface area contributed by atoms with Crippen LogP contribution < -0.4 is 5.73 Å². The fourth-order valence-electron chi connectivity index (χ4n) is 0.420. The van der Waals surface area contributed by atoms with Crippen LogP contribution in [0, 0.1) is 6.92 Å². The zero-order valence-electron chi connectivity index (χ0n) is 6.22. The van der Waals surface area contributed by atoms with E-state index < -0.39 is 0 Å². The topological polar surface area (TPSA) is 58.9 Å². The molecule has 0 aliphatic rings. The van der Waals surface area contributed by atoms with E-state index in [0.29, 0.717) is 0 Å². The van der Waals surface area contributed by atoms with Crippen LogP contribution in [0.1, 0.15) is 12.6 Å². The van der Waals surface area contributed by atoms with Crippen LogP contribution in [0.2, 0.25) is 0 Å². The molecular formula is C7H12N2O. The number of primary amides is 1. The molecule has 1 aromatic rings. The number of H-pyrrole nitrogens is 1. The first-order valence-corrected chi connectivity index (χ1v) is 2.99. The minimum Gasteiger partial charge on any atom is -0.370 e. The summed E-state index contributed by atoms with van der Waals surface area (Å²) in [6.07, 6.45) is 1.91. The number of amides is 1. The highest BCUT2D eigenvalue weighted by atomic mass is 16.1. The molecule has 0 spiro atoms. The third kappa shape index (κ3) is 6.75. The van der Waals surface area contributed by atoms with Crippen molar-refractivity contribution in [2.24, 2.45) is 5.73 Å². The lowest BCUT2D eigenvalue weighted by atomic mass is 10.5. The van der Waals surface area contributed by atoms with Crippen LogP contribution in [-0.2, 0) is 4.79 Å². The van der Waals surface area contributed by atoms with Crippen LogP contribution >= 0.6 is 0 Å². The van der Waals surface area contributed by atoms with E-state index in [1.165, 1.54) is 12.6 Å². The van der Waals surface area contributed by atoms with Gasteiger partial charge in [0, 0.05) is 18.8 Å². The second kappa shape index (κ2) is 4.61. The van der Waals surface area contributed by atoms with Gasteiger partial charge < -0.3 is 10.7 Å². The molecule has 0 atom stereocenters. The smallest absolute Gasteiger partial charge is 0.214 e. The summed E-state index contributed by atoms with van der Waals surface area (Å²) < 4.78 is 0. The zero-order valence-corrected chi connectivity index (χ0v) is 6.22. The molecule has 0 aliphatic heterocycles. The molecule has 56 valence electrons. The monoisotopic (exact) mass is 140 g/mol. The molecule has 3 N–H and O–H groups in total. The number of nitrogens with two attached hydrogens (primary N) is 1. The Labute approximate surface area is 60.2 Å². The maximum atomic E-state index is 9.22. The van der Waals surface area contributed by atoms with Gasteiger partial charge in [-0.15, -0.1) is 0 Å². The highest BCUT2D eigenvalue weighted by Gasteiger charge is 1.72. The number of hydrogen-bond donors (Lipinski definition) is 2. The Kier molecular flexibility index (Phi) is 4.04. The Morgan fingerprint density at radius 1 is 1.70 bits per heavy atom. The first-order chi connectivity index (χ1) is 4.63. The Morgan fingerprint density at radius 3 is 2.30 bits per heavy atom. The number of aryl methyl sites for hydroxylation is 1. The van der Waals surface area contributed by atoms with Crippen molar-refractivity contribution in [2.75, 3.05) is 0 Å². The second-order valence-corrected chi connectivity index (χ2v) is 1.96. The first-order valence-electron chi connectivity index (χ1n) is 2.99. The molecule has 3 nitrogen and oxygen atoms in total. The summed E-state index contributed by atoms with van der Waals surface area (Å²) in [5.74, 6) is -0.333. The van der Waals surface area contributed by atoms with E-state index in [2.05, 4.69) is 10.7 Å². The molecule has 0 fully saturated rings. The molecular weight excluding hydrogens is 128 g/mol. The van der Waals surface area contributed by atoms with Gasteiger partial charge in [0.2, 0.25) is 5.91 Å². The average molecular weight is 140 g/mol. The molecule has 1 heterocycles. The van der Waals surface area contributed by atoms with Gasteiger partial charge in [0.25, 0.3) is 0 Å². The van der Waals surface area contributed by atoms with Crippen LogP contribution in [0.3, 0.4) is 0 Å². The molecule has 0 saturated carbocycles. The quantitative estimate of drug-likeness (QED) is 0.550. The minimum atomic E-state index is -0.333. The molecule has 0 saturated heterocycles. The molecule has 0 unspecified atom stereocenters. The van der Waals surface area contributed by atoms with E-state index in [1.54, 1.807) is 0 Å². The minimum absolute atomic E-state index is 0.333. The number of carbonyl (C=O) groups excluding carboxylic acids is 1. The molecule has 0 radical (unpaired) electrons. The van der Waals surface area contributed by atoms with Crippen molar-refractivity contribution in [2.45, 2.75) is 13.8 Å². The number of carbonyl (C=O) groups is 1. The van der Waals surface area contributed by atoms with Gasteiger partial charge in [-0.1, -0.05) is 0 Å². The number of hydrogen-bond acceptors (Lipinski definition) is 1. The standard InChI is InChI=1S/C5H7N.C2H5NO/c1-5-3-2-4-6-5;1-2(3)4/h2-4,6H,1H3;1H3,(H2,3,4). The SMILES string of the molecule is CC(N)=O.Cc1ccc[nH]1. The summed E-state index contributed by atoms with van der Waals surface area (Å²) in [6, 6.07) is 4.01. The van der Waals surface area contributed by atoms with Crippen LogP contribution in [0.5, 0.6) is 0 Å².